The minimum absolute atomic E-state index is 0.114. The number of carbonyl (C=O) groups is 2. The van der Waals surface area contributed by atoms with Gasteiger partial charge in [-0.25, -0.2) is 0 Å². The molecule has 1 aliphatic rings. The van der Waals surface area contributed by atoms with Crippen molar-refractivity contribution in [3.8, 4) is 0 Å². The molecule has 1 rings (SSSR count). The van der Waals surface area contributed by atoms with Gasteiger partial charge in [0.25, 0.3) is 0 Å². The van der Waals surface area contributed by atoms with E-state index in [0.717, 1.165) is 6.08 Å². The van der Waals surface area contributed by atoms with Crippen molar-refractivity contribution in [1.82, 2.24) is 0 Å². The normalized spacial score (nSPS) is 32.0. The average Bonchev–Trinajstić information content (AvgIpc) is 1.97. The fraction of sp³-hybridized carbons (Fsp3) is 0.333. The molecular formula is C6H7ClN2O2. The van der Waals surface area contributed by atoms with Crippen LogP contribution in [0.1, 0.15) is 0 Å². The molecule has 60 valence electrons. The SMILES string of the molecule is NC1=CC(=O)C(N)C(Cl)C1=O. The van der Waals surface area contributed by atoms with Gasteiger partial charge >= 0.3 is 0 Å². The molecule has 0 heterocycles. The molecule has 0 bridgehead atoms. The van der Waals surface area contributed by atoms with Crippen molar-refractivity contribution in [2.45, 2.75) is 11.4 Å². The highest BCUT2D eigenvalue weighted by molar-refractivity contribution is 6.38. The number of hydrogen-bond donors (Lipinski definition) is 2. The van der Waals surface area contributed by atoms with Gasteiger partial charge in [0.2, 0.25) is 0 Å². The maximum atomic E-state index is 10.9. The van der Waals surface area contributed by atoms with Crippen molar-refractivity contribution in [1.29, 1.82) is 0 Å². The van der Waals surface area contributed by atoms with Crippen LogP contribution in [0.4, 0.5) is 0 Å². The van der Waals surface area contributed by atoms with E-state index in [0.29, 0.717) is 0 Å². The van der Waals surface area contributed by atoms with Gasteiger partial charge < -0.3 is 11.5 Å². The van der Waals surface area contributed by atoms with Crippen LogP contribution >= 0.6 is 11.6 Å². The summed E-state index contributed by atoms with van der Waals surface area (Å²) in [6.45, 7) is 0. The summed E-state index contributed by atoms with van der Waals surface area (Å²) in [5.41, 5.74) is 10.3. The minimum atomic E-state index is -1.01. The molecule has 0 aromatic carbocycles. The van der Waals surface area contributed by atoms with Crippen LogP contribution < -0.4 is 11.5 Å². The quantitative estimate of drug-likeness (QED) is 0.457. The van der Waals surface area contributed by atoms with Crippen LogP contribution in [0.15, 0.2) is 11.8 Å². The zero-order chi connectivity index (χ0) is 8.59. The predicted molar refractivity (Wildman–Crippen MR) is 39.9 cm³/mol. The summed E-state index contributed by atoms with van der Waals surface area (Å²) >= 11 is 5.49. The smallest absolute Gasteiger partial charge is 0.198 e. The fourth-order valence-electron chi connectivity index (χ4n) is 0.787. The minimum Gasteiger partial charge on any atom is -0.396 e. The number of rotatable bonds is 0. The molecule has 0 aromatic rings. The van der Waals surface area contributed by atoms with Gasteiger partial charge in [0.1, 0.15) is 5.38 Å². The van der Waals surface area contributed by atoms with E-state index in [1.165, 1.54) is 0 Å². The molecule has 1 aliphatic carbocycles. The Balaban J connectivity index is 3.01. The molecule has 0 saturated carbocycles. The van der Waals surface area contributed by atoms with Gasteiger partial charge in [-0.05, 0) is 0 Å². The van der Waals surface area contributed by atoms with Crippen molar-refractivity contribution >= 4 is 23.2 Å². The van der Waals surface area contributed by atoms with E-state index in [-0.39, 0.29) is 5.70 Å². The van der Waals surface area contributed by atoms with Crippen LogP contribution in [0.3, 0.4) is 0 Å². The Morgan fingerprint density at radius 3 is 2.55 bits per heavy atom. The highest BCUT2D eigenvalue weighted by Crippen LogP contribution is 2.13. The van der Waals surface area contributed by atoms with Crippen LogP contribution in [0.5, 0.6) is 0 Å². The Bertz CT molecular complexity index is 249. The van der Waals surface area contributed by atoms with Crippen molar-refractivity contribution in [3.05, 3.63) is 11.8 Å². The molecule has 2 unspecified atom stereocenters. The molecular weight excluding hydrogens is 168 g/mol. The Hall–Kier alpha value is -0.870. The lowest BCUT2D eigenvalue weighted by molar-refractivity contribution is -0.122. The average molecular weight is 175 g/mol. The first-order valence-electron chi connectivity index (χ1n) is 2.99. The molecule has 0 aromatic heterocycles. The maximum Gasteiger partial charge on any atom is 0.198 e. The second-order valence-corrected chi connectivity index (χ2v) is 2.76. The number of ketones is 2. The third-order valence-electron chi connectivity index (χ3n) is 1.48. The predicted octanol–water partition coefficient (Wildman–Crippen LogP) is -1.08. The Morgan fingerprint density at radius 2 is 2.00 bits per heavy atom. The maximum absolute atomic E-state index is 10.9. The summed E-state index contributed by atoms with van der Waals surface area (Å²) in [6, 6.07) is -0.948. The van der Waals surface area contributed by atoms with Gasteiger partial charge in [0, 0.05) is 6.08 Å². The highest BCUT2D eigenvalue weighted by Gasteiger charge is 2.33. The standard InChI is InChI=1S/C6H7ClN2O2/c7-4-5(9)3(10)1-2(8)6(4)11/h1,4-5H,8-9H2. The summed E-state index contributed by atoms with van der Waals surface area (Å²) in [7, 11) is 0. The summed E-state index contributed by atoms with van der Waals surface area (Å²) in [5, 5.41) is -1.01. The van der Waals surface area contributed by atoms with Crippen LogP contribution in [0.2, 0.25) is 0 Å². The van der Waals surface area contributed by atoms with E-state index >= 15 is 0 Å². The summed E-state index contributed by atoms with van der Waals surface area (Å²) in [5.74, 6) is -0.874. The number of carbonyl (C=O) groups excluding carboxylic acids is 2. The second-order valence-electron chi connectivity index (χ2n) is 2.29. The number of nitrogens with two attached hydrogens (primary N) is 2. The molecule has 0 amide bonds. The topological polar surface area (TPSA) is 86.2 Å². The molecule has 0 radical (unpaired) electrons. The molecule has 11 heavy (non-hydrogen) atoms. The van der Waals surface area contributed by atoms with E-state index in [4.69, 9.17) is 23.1 Å². The van der Waals surface area contributed by atoms with E-state index < -0.39 is 23.0 Å². The lowest BCUT2D eigenvalue weighted by Gasteiger charge is -2.18. The van der Waals surface area contributed by atoms with E-state index in [2.05, 4.69) is 0 Å². The monoisotopic (exact) mass is 174 g/mol. The van der Waals surface area contributed by atoms with Gasteiger partial charge in [0.05, 0.1) is 11.7 Å². The third-order valence-corrected chi connectivity index (χ3v) is 1.95. The van der Waals surface area contributed by atoms with E-state index in [1.54, 1.807) is 0 Å². The second kappa shape index (κ2) is 2.64. The number of hydrogen-bond acceptors (Lipinski definition) is 4. The zero-order valence-electron chi connectivity index (χ0n) is 5.58. The van der Waals surface area contributed by atoms with Gasteiger partial charge in [0.15, 0.2) is 11.6 Å². The first kappa shape index (κ1) is 8.23. The van der Waals surface area contributed by atoms with Crippen molar-refractivity contribution < 1.29 is 9.59 Å². The van der Waals surface area contributed by atoms with E-state index in [1.807, 2.05) is 0 Å². The third kappa shape index (κ3) is 1.27. The lowest BCUT2D eigenvalue weighted by atomic mass is 9.97. The molecule has 4 N–H and O–H groups in total. The van der Waals surface area contributed by atoms with Crippen molar-refractivity contribution in [3.63, 3.8) is 0 Å². The summed E-state index contributed by atoms with van der Waals surface area (Å²) in [4.78, 5) is 21.8. The Kier molecular flexibility index (Phi) is 1.97. The molecule has 0 saturated heterocycles. The number of Topliss-reactive ketones (excluding diaryl/α,β-unsaturated/α-hetero) is 1. The Labute approximate surface area is 68.2 Å². The van der Waals surface area contributed by atoms with Gasteiger partial charge in [-0.15, -0.1) is 11.6 Å². The van der Waals surface area contributed by atoms with Crippen LogP contribution in [-0.2, 0) is 9.59 Å². The number of alkyl halides is 1. The Morgan fingerprint density at radius 1 is 1.45 bits per heavy atom. The van der Waals surface area contributed by atoms with E-state index in [9.17, 15) is 9.59 Å². The van der Waals surface area contributed by atoms with Crippen LogP contribution in [0, 0.1) is 0 Å². The van der Waals surface area contributed by atoms with Gasteiger partial charge in [-0.3, -0.25) is 9.59 Å². The fourth-order valence-corrected chi connectivity index (χ4v) is 1.04. The zero-order valence-corrected chi connectivity index (χ0v) is 6.34. The van der Waals surface area contributed by atoms with Crippen LogP contribution in [-0.4, -0.2) is 23.0 Å². The molecule has 2 atom stereocenters. The summed E-state index contributed by atoms with van der Waals surface area (Å²) < 4.78 is 0. The van der Waals surface area contributed by atoms with Crippen LogP contribution in [0.25, 0.3) is 0 Å². The molecule has 0 spiro atoms. The van der Waals surface area contributed by atoms with Crippen molar-refractivity contribution in [2.75, 3.05) is 0 Å². The number of allylic oxidation sites excluding steroid dienone is 1. The molecule has 5 heteroatoms. The number of halogens is 1. The lowest BCUT2D eigenvalue weighted by Crippen LogP contribution is -2.47. The van der Waals surface area contributed by atoms with Gasteiger partial charge in [-0.1, -0.05) is 0 Å². The van der Waals surface area contributed by atoms with Crippen molar-refractivity contribution in [2.24, 2.45) is 11.5 Å². The van der Waals surface area contributed by atoms with Gasteiger partial charge in [-0.2, -0.15) is 0 Å². The highest BCUT2D eigenvalue weighted by atomic mass is 35.5. The first-order chi connectivity index (χ1) is 5.04. The molecule has 4 nitrogen and oxygen atoms in total. The summed E-state index contributed by atoms with van der Waals surface area (Å²) in [6.07, 6.45) is 1.02. The molecule has 0 aliphatic heterocycles. The largest absolute Gasteiger partial charge is 0.396 e. The first-order valence-corrected chi connectivity index (χ1v) is 3.42. The molecule has 0 fully saturated rings.